The molecule has 600 valence electrons. The number of hydrogen-bond acceptors (Lipinski definition) is 20. The third-order valence-electron chi connectivity index (χ3n) is 18.1. The first-order valence-electron chi connectivity index (χ1n) is 35.2. The third kappa shape index (κ3) is 24.0. The standard InChI is InChI=1S/C76H80Cl3F7N16O11/c1-43(103)101(94-38-49-10-5-15-61(83)68(49)78)58(41-112-74(109)97-65-31-52-28-55(81)21-18-46(52)35-91-65)12-7-25-99(57(23-24-63(88)70(85)86)40-111-73(108)96-64-30-51-27-54(80)20-17-45(51)34-90-64)71(106)76(89,93-37-48-9-3-4-14-60(48)77)72(107)100(67(105)33-87)26-8-13-59(102(44(2)104)95-39-50-11-6-16-62(84)69(50)79)42-113-75(110)98-66-32-53-29-56(82)22-19-47(53)36-92-66/h3-6,9-11,14-22,27-32,34-36,57-59,63,70,72,93-95,107H,7-8,12-13,23-26,33,37-42,87-89H2,1-2H3,(H,90,96,108)(H,91,97,109)(H,92,98,110)/t57-,58-,59-,63?,72?,76-/m0/s1. The zero-order valence-corrected chi connectivity index (χ0v) is 62.9. The number of aliphatic hydroxyl groups is 1. The Morgan fingerprint density at radius 3 is 1.33 bits per heavy atom. The van der Waals surface area contributed by atoms with Crippen LogP contribution in [0.25, 0.3) is 32.3 Å². The molecule has 3 heterocycles. The molecular formula is C76H80Cl3F7N16O11. The number of nitrogens with two attached hydrogens (primary N) is 3. The van der Waals surface area contributed by atoms with Gasteiger partial charge in [0.1, 0.15) is 66.4 Å². The number of alkyl halides is 2. The Hall–Kier alpha value is -10.7. The van der Waals surface area contributed by atoms with Gasteiger partial charge in [-0.2, -0.15) is 0 Å². The molecular weight excluding hydrogens is 1550 g/mol. The second kappa shape index (κ2) is 40.7. The average Bonchev–Trinajstić information content (AvgIpc) is 0.783. The normalized spacial score (nSPS) is 13.3. The van der Waals surface area contributed by atoms with E-state index in [1.54, 1.807) is 12.1 Å². The van der Waals surface area contributed by atoms with Crippen molar-refractivity contribution in [1.29, 1.82) is 0 Å². The largest absolute Gasteiger partial charge is 0.447 e. The molecule has 0 aliphatic rings. The van der Waals surface area contributed by atoms with Crippen LogP contribution in [0.15, 0.2) is 152 Å². The van der Waals surface area contributed by atoms with Crippen LogP contribution >= 0.6 is 34.8 Å². The van der Waals surface area contributed by atoms with Gasteiger partial charge in [0.2, 0.25) is 17.7 Å². The molecule has 0 fully saturated rings. The van der Waals surface area contributed by atoms with E-state index in [0.717, 1.165) is 40.9 Å². The van der Waals surface area contributed by atoms with Crippen LogP contribution in [0.5, 0.6) is 0 Å². The molecule has 3 aromatic heterocycles. The number of benzene rings is 6. The lowest BCUT2D eigenvalue weighted by Gasteiger charge is -2.44. The van der Waals surface area contributed by atoms with Crippen LogP contribution < -0.4 is 49.3 Å². The molecule has 7 amide bonds. The Kier molecular flexibility index (Phi) is 31.1. The minimum Gasteiger partial charge on any atom is -0.447 e. The summed E-state index contributed by atoms with van der Waals surface area (Å²) in [4.78, 5) is 114. The second-order valence-electron chi connectivity index (χ2n) is 26.0. The van der Waals surface area contributed by atoms with Gasteiger partial charge in [-0.05, 0) is 162 Å². The molecule has 0 spiro atoms. The summed E-state index contributed by atoms with van der Waals surface area (Å²) in [6, 6.07) is 23.7. The first kappa shape index (κ1) is 86.3. The maximum Gasteiger partial charge on any atom is 0.412 e. The van der Waals surface area contributed by atoms with Crippen molar-refractivity contribution in [2.24, 2.45) is 17.2 Å². The van der Waals surface area contributed by atoms with E-state index in [2.05, 4.69) is 47.1 Å². The van der Waals surface area contributed by atoms with Crippen molar-refractivity contribution in [2.45, 2.75) is 114 Å². The fourth-order valence-corrected chi connectivity index (χ4v) is 12.8. The third-order valence-corrected chi connectivity index (χ3v) is 19.3. The summed E-state index contributed by atoms with van der Waals surface area (Å²) in [6.07, 6.45) is -7.51. The number of nitrogens with one attached hydrogen (secondary N) is 6. The first-order valence-corrected chi connectivity index (χ1v) is 36.3. The van der Waals surface area contributed by atoms with Crippen molar-refractivity contribution in [3.63, 3.8) is 0 Å². The van der Waals surface area contributed by atoms with Crippen molar-refractivity contribution in [1.82, 2.24) is 50.9 Å². The van der Waals surface area contributed by atoms with E-state index in [0.29, 0.717) is 37.2 Å². The number of hydrazine groups is 2. The van der Waals surface area contributed by atoms with Crippen LogP contribution in [0.1, 0.15) is 69.1 Å². The van der Waals surface area contributed by atoms with E-state index in [4.69, 9.17) is 66.2 Å². The number of hydrogen-bond donors (Lipinski definition) is 10. The molecule has 13 N–H and O–H groups in total. The molecule has 6 aromatic carbocycles. The summed E-state index contributed by atoms with van der Waals surface area (Å²) in [5.74, 6) is -7.48. The molecule has 0 radical (unpaired) electrons. The van der Waals surface area contributed by atoms with Crippen LogP contribution in [-0.4, -0.2) is 164 Å². The Balaban J connectivity index is 1.07. The maximum absolute atomic E-state index is 16.5. The highest BCUT2D eigenvalue weighted by Gasteiger charge is 2.49. The number of rotatable bonds is 37. The van der Waals surface area contributed by atoms with E-state index in [9.17, 15) is 64.6 Å². The molecule has 113 heavy (non-hydrogen) atoms. The Bertz CT molecular complexity index is 4880. The number of pyridine rings is 3. The number of aromatic nitrogens is 3. The summed E-state index contributed by atoms with van der Waals surface area (Å²) in [5, 5.41) is 27.5. The lowest BCUT2D eigenvalue weighted by Crippen LogP contribution is -2.75. The number of halogens is 10. The highest BCUT2D eigenvalue weighted by molar-refractivity contribution is 6.32. The lowest BCUT2D eigenvalue weighted by molar-refractivity contribution is -0.163. The van der Waals surface area contributed by atoms with Gasteiger partial charge in [-0.15, -0.1) is 0 Å². The fourth-order valence-electron chi connectivity index (χ4n) is 12.2. The summed E-state index contributed by atoms with van der Waals surface area (Å²) < 4.78 is 119. The van der Waals surface area contributed by atoms with E-state index >= 15 is 4.79 Å². The predicted molar refractivity (Wildman–Crippen MR) is 408 cm³/mol. The molecule has 0 aliphatic heterocycles. The minimum absolute atomic E-state index is 0.0562. The van der Waals surface area contributed by atoms with Gasteiger partial charge < -0.3 is 46.3 Å². The fraction of sp³-hybridized carbons (Fsp3) is 0.316. The van der Waals surface area contributed by atoms with Crippen LogP contribution in [-0.2, 0) is 53.0 Å². The topological polar surface area (TPSA) is 369 Å². The smallest absolute Gasteiger partial charge is 0.412 e. The molecule has 6 atom stereocenters. The van der Waals surface area contributed by atoms with Crippen molar-refractivity contribution in [2.75, 3.05) is 55.4 Å². The molecule has 37 heteroatoms. The second-order valence-corrected chi connectivity index (χ2v) is 27.2. The zero-order valence-electron chi connectivity index (χ0n) is 60.7. The Labute approximate surface area is 657 Å². The average molecular weight is 1630 g/mol. The number of carbonyl (C=O) groups excluding carboxylic acids is 7. The van der Waals surface area contributed by atoms with E-state index in [1.165, 1.54) is 128 Å². The van der Waals surface area contributed by atoms with Gasteiger partial charge in [0, 0.05) is 86.3 Å². The van der Waals surface area contributed by atoms with Gasteiger partial charge in [0.15, 0.2) is 11.9 Å². The van der Waals surface area contributed by atoms with Crippen molar-refractivity contribution in [3.05, 3.63) is 213 Å². The van der Waals surface area contributed by atoms with Crippen LogP contribution in [0, 0.1) is 29.1 Å². The molecule has 9 aromatic rings. The molecule has 2 unspecified atom stereocenters. The number of anilines is 3. The van der Waals surface area contributed by atoms with Crippen molar-refractivity contribution < 1.29 is 83.6 Å². The van der Waals surface area contributed by atoms with Crippen LogP contribution in [0.4, 0.5) is 62.6 Å². The molecule has 0 saturated heterocycles. The van der Waals surface area contributed by atoms with E-state index in [1.807, 2.05) is 0 Å². The highest BCUT2D eigenvalue weighted by Crippen LogP contribution is 2.29. The van der Waals surface area contributed by atoms with Crippen molar-refractivity contribution in [3.8, 4) is 0 Å². The molecule has 0 bridgehead atoms. The monoisotopic (exact) mass is 1630 g/mol. The van der Waals surface area contributed by atoms with E-state index in [-0.39, 0.29) is 88.0 Å². The quantitative estimate of drug-likeness (QED) is 0.00748. The van der Waals surface area contributed by atoms with Gasteiger partial charge >= 0.3 is 18.3 Å². The number of aliphatic hydroxyl groups excluding tert-OH is 1. The zero-order chi connectivity index (χ0) is 81.6. The highest BCUT2D eigenvalue weighted by atomic mass is 35.5. The molecule has 9 rings (SSSR count). The number of fused-ring (bicyclic) bond motifs is 3. The number of carbonyl (C=O) groups is 7. The maximum atomic E-state index is 16.5. The number of nitrogens with zero attached hydrogens (tertiary/aromatic N) is 7. The lowest BCUT2D eigenvalue weighted by atomic mass is 9.99. The summed E-state index contributed by atoms with van der Waals surface area (Å²) in [7, 11) is 0. The Morgan fingerprint density at radius 2 is 0.920 bits per heavy atom. The SMILES string of the molecule is CC(=O)N(NCc1cccc(F)c1Cl)[C@@H](CCCN(C(=O)CN)C(O)[C@@](N)(NCc1ccccc1Cl)C(=O)N(CCC[C@@H](COC(=O)Nc1cc2cc(F)ccc2cn1)N(NCc1cccc(F)c1Cl)C(C)=O)[C@@H](CCC(N)C(F)F)COC(=O)Nc1cc2cc(F)ccc2cn1)COC(=O)Nc1cc2cc(F)ccc2cn1. The van der Waals surface area contributed by atoms with E-state index < -0.39 is 172 Å². The number of ether oxygens (including phenoxy) is 3. The van der Waals surface area contributed by atoms with Gasteiger partial charge in [0.05, 0.1) is 40.8 Å². The number of amides is 7. The summed E-state index contributed by atoms with van der Waals surface area (Å²) in [5.41, 5.74) is 22.8. The first-order chi connectivity index (χ1) is 54.0. The van der Waals surface area contributed by atoms with Crippen LogP contribution in [0.2, 0.25) is 15.1 Å². The van der Waals surface area contributed by atoms with Gasteiger partial charge in [-0.1, -0.05) is 77.3 Å². The van der Waals surface area contributed by atoms with Gasteiger partial charge in [-0.3, -0.25) is 50.5 Å². The van der Waals surface area contributed by atoms with Crippen molar-refractivity contribution >= 4 is 126 Å². The van der Waals surface area contributed by atoms with Gasteiger partial charge in [0.25, 0.3) is 12.3 Å². The Morgan fingerprint density at radius 1 is 0.513 bits per heavy atom. The van der Waals surface area contributed by atoms with Gasteiger partial charge in [-0.25, -0.2) is 70.9 Å². The summed E-state index contributed by atoms with van der Waals surface area (Å²) in [6.45, 7) is -3.15. The predicted octanol–water partition coefficient (Wildman–Crippen LogP) is 11.6. The summed E-state index contributed by atoms with van der Waals surface area (Å²) >= 11 is 19.4. The van der Waals surface area contributed by atoms with Crippen LogP contribution in [0.3, 0.4) is 0 Å². The molecule has 0 aliphatic carbocycles. The minimum atomic E-state index is -3.17. The molecule has 0 saturated carbocycles. The molecule has 27 nitrogen and oxygen atoms in total.